The summed E-state index contributed by atoms with van der Waals surface area (Å²) in [5.41, 5.74) is 2.37. The summed E-state index contributed by atoms with van der Waals surface area (Å²) in [6, 6.07) is 12.7. The molecule has 8 heteroatoms. The quantitative estimate of drug-likeness (QED) is 0.412. The van der Waals surface area contributed by atoms with Crippen LogP contribution in [0.2, 0.25) is 5.02 Å². The van der Waals surface area contributed by atoms with Gasteiger partial charge in [-0.15, -0.1) is 0 Å². The third kappa shape index (κ3) is 5.56. The van der Waals surface area contributed by atoms with Crippen molar-refractivity contribution in [2.24, 2.45) is 0 Å². The van der Waals surface area contributed by atoms with Gasteiger partial charge in [-0.25, -0.2) is 0 Å². The van der Waals surface area contributed by atoms with Crippen molar-refractivity contribution in [2.45, 2.75) is 56.4 Å². The normalized spacial score (nSPS) is 27.1. The van der Waals surface area contributed by atoms with Crippen LogP contribution in [0.3, 0.4) is 0 Å². The highest BCUT2D eigenvalue weighted by Gasteiger charge is 2.44. The molecule has 0 aromatic heterocycles. The Labute approximate surface area is 186 Å². The molecule has 7 nitrogen and oxygen atoms in total. The molecule has 0 amide bonds. The maximum atomic E-state index is 10.4. The van der Waals surface area contributed by atoms with Crippen molar-refractivity contribution >= 4 is 11.6 Å². The van der Waals surface area contributed by atoms with Gasteiger partial charge in [0, 0.05) is 5.02 Å². The van der Waals surface area contributed by atoms with Crippen LogP contribution in [0.15, 0.2) is 42.5 Å². The number of hydrogen-bond acceptors (Lipinski definition) is 7. The summed E-state index contributed by atoms with van der Waals surface area (Å²) in [5, 5.41) is 49.7. The first-order valence-electron chi connectivity index (χ1n) is 10.3. The summed E-state index contributed by atoms with van der Waals surface area (Å²) in [6.07, 6.45) is -5.08. The standard InChI is InChI=1S/C23H29ClO7/c1-2-16(11-25)30-17-6-3-13(4-7-17)9-15-10-14(5-8-18(15)24)23-22(29)21(28)20(27)19(12-26)31-23/h3-8,10,16,19-23,25-29H,2,9,11-12H2,1H3/t16?,19?,20-,21?,22-,23?/m1/s1. The van der Waals surface area contributed by atoms with Gasteiger partial charge >= 0.3 is 0 Å². The number of hydrogen-bond donors (Lipinski definition) is 5. The summed E-state index contributed by atoms with van der Waals surface area (Å²) < 4.78 is 11.4. The van der Waals surface area contributed by atoms with Crippen LogP contribution >= 0.6 is 11.6 Å². The minimum absolute atomic E-state index is 0.0431. The largest absolute Gasteiger partial charge is 0.488 e. The van der Waals surface area contributed by atoms with Crippen LogP contribution in [-0.2, 0) is 11.2 Å². The summed E-state index contributed by atoms with van der Waals surface area (Å²) in [5.74, 6) is 0.672. The first kappa shape index (κ1) is 23.9. The molecule has 5 N–H and O–H groups in total. The van der Waals surface area contributed by atoms with Gasteiger partial charge in [0.25, 0.3) is 0 Å². The number of rotatable bonds is 8. The molecule has 1 aliphatic heterocycles. The van der Waals surface area contributed by atoms with E-state index in [2.05, 4.69) is 0 Å². The third-order valence-corrected chi connectivity index (χ3v) is 5.94. The van der Waals surface area contributed by atoms with Crippen molar-refractivity contribution < 1.29 is 35.0 Å². The fourth-order valence-corrected chi connectivity index (χ4v) is 3.82. The van der Waals surface area contributed by atoms with Gasteiger partial charge in [-0.05, 0) is 47.7 Å². The molecule has 6 atom stereocenters. The van der Waals surface area contributed by atoms with E-state index >= 15 is 0 Å². The minimum atomic E-state index is -1.44. The molecule has 0 spiro atoms. The molecule has 1 aliphatic rings. The minimum Gasteiger partial charge on any atom is -0.488 e. The average molecular weight is 453 g/mol. The lowest BCUT2D eigenvalue weighted by Crippen LogP contribution is -2.55. The van der Waals surface area contributed by atoms with Gasteiger partial charge in [-0.3, -0.25) is 0 Å². The molecular formula is C23H29ClO7. The lowest BCUT2D eigenvalue weighted by atomic mass is 9.90. The Morgan fingerprint density at radius 2 is 1.71 bits per heavy atom. The Hall–Kier alpha value is -1.71. The van der Waals surface area contributed by atoms with Gasteiger partial charge in [-0.1, -0.05) is 42.8 Å². The van der Waals surface area contributed by atoms with E-state index in [1.165, 1.54) is 0 Å². The van der Waals surface area contributed by atoms with Crippen LogP contribution in [0.5, 0.6) is 5.75 Å². The van der Waals surface area contributed by atoms with E-state index in [1.54, 1.807) is 18.2 Å². The summed E-state index contributed by atoms with van der Waals surface area (Å²) >= 11 is 6.38. The van der Waals surface area contributed by atoms with E-state index in [9.17, 15) is 25.5 Å². The Morgan fingerprint density at radius 1 is 1.00 bits per heavy atom. The topological polar surface area (TPSA) is 120 Å². The Kier molecular flexibility index (Phi) is 8.30. The lowest BCUT2D eigenvalue weighted by molar-refractivity contribution is -0.231. The van der Waals surface area contributed by atoms with Gasteiger partial charge in [0.05, 0.1) is 13.2 Å². The maximum absolute atomic E-state index is 10.4. The van der Waals surface area contributed by atoms with Crippen molar-refractivity contribution in [3.63, 3.8) is 0 Å². The first-order chi connectivity index (χ1) is 14.9. The Morgan fingerprint density at radius 3 is 2.32 bits per heavy atom. The van der Waals surface area contributed by atoms with Crippen LogP contribution in [0.1, 0.15) is 36.1 Å². The smallest absolute Gasteiger partial charge is 0.121 e. The van der Waals surface area contributed by atoms with Crippen LogP contribution in [0, 0.1) is 0 Å². The van der Waals surface area contributed by atoms with E-state index in [-0.39, 0.29) is 12.7 Å². The van der Waals surface area contributed by atoms with Crippen LogP contribution in [-0.4, -0.2) is 69.3 Å². The van der Waals surface area contributed by atoms with Crippen LogP contribution in [0.25, 0.3) is 0 Å². The second-order valence-corrected chi connectivity index (χ2v) is 8.16. The molecule has 1 heterocycles. The number of halogens is 1. The monoisotopic (exact) mass is 452 g/mol. The van der Waals surface area contributed by atoms with Gasteiger partial charge in [-0.2, -0.15) is 0 Å². The number of ether oxygens (including phenoxy) is 2. The molecule has 4 unspecified atom stereocenters. The highest BCUT2D eigenvalue weighted by atomic mass is 35.5. The SMILES string of the molecule is CCC(CO)Oc1ccc(Cc2cc(C3OC(CO)[C@@H](O)C(O)[C@H]3O)ccc2Cl)cc1. The zero-order valence-electron chi connectivity index (χ0n) is 17.3. The molecule has 0 radical (unpaired) electrons. The molecule has 1 fully saturated rings. The molecule has 3 rings (SSSR count). The van der Waals surface area contributed by atoms with Crippen molar-refractivity contribution in [3.05, 3.63) is 64.2 Å². The Bertz CT molecular complexity index is 838. The van der Waals surface area contributed by atoms with Gasteiger partial charge in [0.1, 0.15) is 42.4 Å². The van der Waals surface area contributed by atoms with Crippen molar-refractivity contribution in [3.8, 4) is 5.75 Å². The molecular weight excluding hydrogens is 424 g/mol. The second-order valence-electron chi connectivity index (χ2n) is 7.75. The zero-order valence-corrected chi connectivity index (χ0v) is 18.0. The van der Waals surface area contributed by atoms with Gasteiger partial charge < -0.3 is 35.0 Å². The zero-order chi connectivity index (χ0) is 22.5. The predicted octanol–water partition coefficient (Wildman–Crippen LogP) is 1.60. The van der Waals surface area contributed by atoms with E-state index in [4.69, 9.17) is 21.1 Å². The molecule has 31 heavy (non-hydrogen) atoms. The maximum Gasteiger partial charge on any atom is 0.121 e. The van der Waals surface area contributed by atoms with E-state index in [0.717, 1.165) is 11.1 Å². The summed E-state index contributed by atoms with van der Waals surface area (Å²) in [4.78, 5) is 0. The summed E-state index contributed by atoms with van der Waals surface area (Å²) in [6.45, 7) is 1.42. The molecule has 1 saturated heterocycles. The van der Waals surface area contributed by atoms with Crippen LogP contribution < -0.4 is 4.74 Å². The molecule has 0 aliphatic carbocycles. The fourth-order valence-electron chi connectivity index (χ4n) is 3.63. The van der Waals surface area contributed by atoms with Crippen LogP contribution in [0.4, 0.5) is 0 Å². The van der Waals surface area contributed by atoms with E-state index in [1.807, 2.05) is 31.2 Å². The molecule has 0 bridgehead atoms. The predicted molar refractivity (Wildman–Crippen MR) is 115 cm³/mol. The van der Waals surface area contributed by atoms with Gasteiger partial charge in [0.2, 0.25) is 0 Å². The molecule has 0 saturated carbocycles. The first-order valence-corrected chi connectivity index (χ1v) is 10.7. The van der Waals surface area contributed by atoms with Crippen molar-refractivity contribution in [1.29, 1.82) is 0 Å². The van der Waals surface area contributed by atoms with Gasteiger partial charge in [0.15, 0.2) is 0 Å². The van der Waals surface area contributed by atoms with Crippen molar-refractivity contribution in [2.75, 3.05) is 13.2 Å². The third-order valence-electron chi connectivity index (χ3n) is 5.57. The van der Waals surface area contributed by atoms with Crippen molar-refractivity contribution in [1.82, 2.24) is 0 Å². The highest BCUT2D eigenvalue weighted by Crippen LogP contribution is 2.34. The highest BCUT2D eigenvalue weighted by molar-refractivity contribution is 6.31. The lowest BCUT2D eigenvalue weighted by Gasteiger charge is -2.40. The number of benzene rings is 2. The Balaban J connectivity index is 1.77. The number of aliphatic hydroxyl groups excluding tert-OH is 5. The number of aliphatic hydroxyl groups is 5. The van der Waals surface area contributed by atoms with E-state index < -0.39 is 37.1 Å². The fraction of sp³-hybridized carbons (Fsp3) is 0.478. The second kappa shape index (κ2) is 10.7. The average Bonchev–Trinajstić information content (AvgIpc) is 2.79. The molecule has 170 valence electrons. The molecule has 2 aromatic rings. The van der Waals surface area contributed by atoms with E-state index in [0.29, 0.717) is 29.2 Å². The summed E-state index contributed by atoms with van der Waals surface area (Å²) in [7, 11) is 0. The molecule has 2 aromatic carbocycles.